The quantitative estimate of drug-likeness (QED) is 0.785. The minimum Gasteiger partial charge on any atom is -0.492 e. The molecule has 1 aromatic carbocycles. The van der Waals surface area contributed by atoms with Crippen molar-refractivity contribution in [2.75, 3.05) is 13.2 Å². The van der Waals surface area contributed by atoms with E-state index >= 15 is 0 Å². The summed E-state index contributed by atoms with van der Waals surface area (Å²) >= 11 is 0. The number of nitrogens with zero attached hydrogens (tertiary/aromatic N) is 2. The lowest BCUT2D eigenvalue weighted by Crippen LogP contribution is -2.29. The predicted molar refractivity (Wildman–Crippen MR) is 83.3 cm³/mol. The molecule has 0 radical (unpaired) electrons. The molecule has 0 amide bonds. The maximum absolute atomic E-state index is 5.98. The highest BCUT2D eigenvalue weighted by molar-refractivity contribution is 5.64. The Morgan fingerprint density at radius 1 is 1.10 bits per heavy atom. The second-order valence-electron chi connectivity index (χ2n) is 6.01. The van der Waals surface area contributed by atoms with Crippen molar-refractivity contribution in [2.45, 2.75) is 31.3 Å². The van der Waals surface area contributed by atoms with E-state index in [0.29, 0.717) is 6.04 Å². The van der Waals surface area contributed by atoms with Crippen molar-refractivity contribution < 1.29 is 4.74 Å². The maximum Gasteiger partial charge on any atom is 0.119 e. The van der Waals surface area contributed by atoms with Crippen molar-refractivity contribution in [3.8, 4) is 16.9 Å². The van der Waals surface area contributed by atoms with E-state index in [-0.39, 0.29) is 0 Å². The Morgan fingerprint density at radius 2 is 1.95 bits per heavy atom. The first-order valence-electron chi connectivity index (χ1n) is 7.79. The van der Waals surface area contributed by atoms with E-state index in [9.17, 15) is 0 Å². The molecule has 0 bridgehead atoms. The summed E-state index contributed by atoms with van der Waals surface area (Å²) in [6.45, 7) is 2.03. The first-order valence-corrected chi connectivity index (χ1v) is 7.79. The molecule has 2 unspecified atom stereocenters. The first kappa shape index (κ1) is 12.8. The zero-order valence-corrected chi connectivity index (χ0v) is 12.1. The van der Waals surface area contributed by atoms with Crippen LogP contribution in [0, 0.1) is 0 Å². The average molecular weight is 280 g/mol. The van der Waals surface area contributed by atoms with Crippen molar-refractivity contribution >= 4 is 0 Å². The van der Waals surface area contributed by atoms with Gasteiger partial charge in [0.05, 0.1) is 6.04 Å². The van der Waals surface area contributed by atoms with Gasteiger partial charge in [-0.2, -0.15) is 0 Å². The van der Waals surface area contributed by atoms with E-state index < -0.39 is 0 Å². The minimum absolute atomic E-state index is 0.639. The van der Waals surface area contributed by atoms with E-state index in [1.54, 1.807) is 0 Å². The van der Waals surface area contributed by atoms with Gasteiger partial charge in [0, 0.05) is 25.0 Å². The molecule has 3 heteroatoms. The lowest BCUT2D eigenvalue weighted by Gasteiger charge is -2.27. The zero-order valence-electron chi connectivity index (χ0n) is 12.1. The van der Waals surface area contributed by atoms with Crippen LogP contribution in [0.4, 0.5) is 0 Å². The SMILES string of the molecule is c1cc(OCC2CN2C2CCC2)cc(-c2ccncc2)c1. The predicted octanol–water partition coefficient (Wildman–Crippen LogP) is 3.36. The van der Waals surface area contributed by atoms with Crippen LogP contribution in [-0.4, -0.2) is 35.1 Å². The Balaban J connectivity index is 1.37. The largest absolute Gasteiger partial charge is 0.492 e. The number of pyridine rings is 1. The second-order valence-corrected chi connectivity index (χ2v) is 6.01. The van der Waals surface area contributed by atoms with Crippen molar-refractivity contribution in [1.82, 2.24) is 9.88 Å². The summed E-state index contributed by atoms with van der Waals surface area (Å²) in [7, 11) is 0. The highest BCUT2D eigenvalue weighted by Gasteiger charge is 2.42. The van der Waals surface area contributed by atoms with Gasteiger partial charge in [0.2, 0.25) is 0 Å². The van der Waals surface area contributed by atoms with Gasteiger partial charge in [-0.3, -0.25) is 9.88 Å². The van der Waals surface area contributed by atoms with Gasteiger partial charge < -0.3 is 4.74 Å². The van der Waals surface area contributed by atoms with Gasteiger partial charge in [0.15, 0.2) is 0 Å². The molecule has 2 atom stereocenters. The van der Waals surface area contributed by atoms with Crippen LogP contribution in [0.5, 0.6) is 5.75 Å². The Bertz CT molecular complexity index is 610. The van der Waals surface area contributed by atoms with Crippen LogP contribution in [0.15, 0.2) is 48.8 Å². The molecule has 2 fully saturated rings. The number of aromatic nitrogens is 1. The van der Waals surface area contributed by atoms with E-state index in [1.807, 2.05) is 30.6 Å². The molecule has 0 N–H and O–H groups in total. The van der Waals surface area contributed by atoms with Crippen molar-refractivity contribution in [3.63, 3.8) is 0 Å². The van der Waals surface area contributed by atoms with Crippen LogP contribution in [0.3, 0.4) is 0 Å². The number of rotatable bonds is 5. The molecule has 1 saturated carbocycles. The molecule has 21 heavy (non-hydrogen) atoms. The topological polar surface area (TPSA) is 25.1 Å². The second kappa shape index (κ2) is 5.49. The van der Waals surface area contributed by atoms with Crippen LogP contribution in [0.1, 0.15) is 19.3 Å². The zero-order chi connectivity index (χ0) is 14.1. The summed E-state index contributed by atoms with van der Waals surface area (Å²) in [6.07, 6.45) is 7.82. The van der Waals surface area contributed by atoms with Gasteiger partial charge in [0.1, 0.15) is 12.4 Å². The van der Waals surface area contributed by atoms with Crippen molar-refractivity contribution in [2.24, 2.45) is 0 Å². The molecule has 2 aromatic rings. The molecule has 2 heterocycles. The van der Waals surface area contributed by atoms with Crippen LogP contribution in [-0.2, 0) is 0 Å². The smallest absolute Gasteiger partial charge is 0.119 e. The normalized spacial score (nSPS) is 24.4. The molecule has 1 aliphatic carbocycles. The third kappa shape index (κ3) is 2.79. The monoisotopic (exact) mass is 280 g/mol. The Hall–Kier alpha value is -1.87. The molecular formula is C18H20N2O. The number of hydrogen-bond acceptors (Lipinski definition) is 3. The fourth-order valence-electron chi connectivity index (χ4n) is 3.01. The summed E-state index contributed by atoms with van der Waals surface area (Å²) < 4.78 is 5.98. The molecule has 1 aromatic heterocycles. The Morgan fingerprint density at radius 3 is 2.71 bits per heavy atom. The first-order chi connectivity index (χ1) is 10.4. The molecule has 3 nitrogen and oxygen atoms in total. The minimum atomic E-state index is 0.639. The Kier molecular flexibility index (Phi) is 3.36. The fourth-order valence-corrected chi connectivity index (χ4v) is 3.01. The van der Waals surface area contributed by atoms with Crippen molar-refractivity contribution in [1.29, 1.82) is 0 Å². The van der Waals surface area contributed by atoms with Gasteiger partial charge in [0.25, 0.3) is 0 Å². The van der Waals surface area contributed by atoms with Gasteiger partial charge in [-0.15, -0.1) is 0 Å². The summed E-state index contributed by atoms with van der Waals surface area (Å²) in [5, 5.41) is 0. The number of benzene rings is 1. The maximum atomic E-state index is 5.98. The highest BCUT2D eigenvalue weighted by atomic mass is 16.5. The molecule has 1 aliphatic heterocycles. The van der Waals surface area contributed by atoms with Crippen LogP contribution in [0.2, 0.25) is 0 Å². The van der Waals surface area contributed by atoms with E-state index in [4.69, 9.17) is 4.74 Å². The summed E-state index contributed by atoms with van der Waals surface area (Å²) in [5.74, 6) is 0.963. The number of hydrogen-bond donors (Lipinski definition) is 0. The lowest BCUT2D eigenvalue weighted by molar-refractivity contribution is 0.215. The Labute approximate surface area is 125 Å². The van der Waals surface area contributed by atoms with E-state index in [2.05, 4.69) is 28.1 Å². The summed E-state index contributed by atoms with van der Waals surface area (Å²) in [5.41, 5.74) is 2.36. The fraction of sp³-hybridized carbons (Fsp3) is 0.389. The molecule has 108 valence electrons. The molecular weight excluding hydrogens is 260 g/mol. The van der Waals surface area contributed by atoms with Gasteiger partial charge in [-0.05, 0) is 48.2 Å². The van der Waals surface area contributed by atoms with E-state index in [1.165, 1.54) is 36.9 Å². The molecule has 4 rings (SSSR count). The third-order valence-electron chi connectivity index (χ3n) is 4.59. The third-order valence-corrected chi connectivity index (χ3v) is 4.59. The summed E-state index contributed by atoms with van der Waals surface area (Å²) in [4.78, 5) is 6.64. The van der Waals surface area contributed by atoms with Gasteiger partial charge in [-0.25, -0.2) is 0 Å². The molecule has 1 saturated heterocycles. The highest BCUT2D eigenvalue weighted by Crippen LogP contribution is 2.34. The van der Waals surface area contributed by atoms with Crippen LogP contribution >= 0.6 is 0 Å². The molecule has 2 aliphatic rings. The summed E-state index contributed by atoms with van der Waals surface area (Å²) in [6, 6.07) is 13.9. The van der Waals surface area contributed by atoms with Crippen molar-refractivity contribution in [3.05, 3.63) is 48.8 Å². The van der Waals surface area contributed by atoms with Crippen LogP contribution in [0.25, 0.3) is 11.1 Å². The van der Waals surface area contributed by atoms with Gasteiger partial charge in [-0.1, -0.05) is 18.6 Å². The van der Waals surface area contributed by atoms with Crippen LogP contribution < -0.4 is 4.74 Å². The standard InChI is InChI=1S/C18H20N2O/c1-3-15(14-7-9-19-10-8-14)11-18(6-1)21-13-17-12-20(17)16-4-2-5-16/h1,3,6-11,16-17H,2,4-5,12-13H2. The number of ether oxygens (including phenoxy) is 1. The average Bonchev–Trinajstić information content (AvgIpc) is 3.24. The molecule has 0 spiro atoms. The van der Waals surface area contributed by atoms with Gasteiger partial charge >= 0.3 is 0 Å². The van der Waals surface area contributed by atoms with E-state index in [0.717, 1.165) is 18.4 Å². The lowest BCUT2D eigenvalue weighted by atomic mass is 9.93.